The van der Waals surface area contributed by atoms with E-state index < -0.39 is 0 Å². The molecule has 1 amide bonds. The average molecular weight is 210 g/mol. The van der Waals surface area contributed by atoms with Gasteiger partial charge in [0, 0.05) is 19.6 Å². The summed E-state index contributed by atoms with van der Waals surface area (Å²) in [6.45, 7) is 3.07. The van der Waals surface area contributed by atoms with Crippen LogP contribution in [0.15, 0.2) is 0 Å². The van der Waals surface area contributed by atoms with Gasteiger partial charge in [0.2, 0.25) is 5.91 Å². The molecule has 1 N–H and O–H groups in total. The Bertz CT molecular complexity index is 241. The molecule has 0 aromatic carbocycles. The van der Waals surface area contributed by atoms with Crippen molar-refractivity contribution in [3.8, 4) is 6.07 Å². The van der Waals surface area contributed by atoms with Gasteiger partial charge in [-0.05, 0) is 26.2 Å². The molecule has 0 aromatic rings. The third-order valence-electron chi connectivity index (χ3n) is 2.54. The zero-order valence-corrected chi connectivity index (χ0v) is 9.16. The number of hydrogen-bond donors (Lipinski definition) is 1. The number of nitriles is 1. The van der Waals surface area contributed by atoms with Gasteiger partial charge in [0.25, 0.3) is 0 Å². The Morgan fingerprint density at radius 2 is 2.53 bits per heavy atom. The van der Waals surface area contributed by atoms with Crippen LogP contribution in [0.4, 0.5) is 0 Å². The summed E-state index contributed by atoms with van der Waals surface area (Å²) in [6.07, 6.45) is 3.75. The first-order valence-electron chi connectivity index (χ1n) is 5.50. The zero-order valence-electron chi connectivity index (χ0n) is 9.16. The highest BCUT2D eigenvalue weighted by molar-refractivity contribution is 5.75. The van der Waals surface area contributed by atoms with Crippen LogP contribution in [0.1, 0.15) is 32.6 Å². The second kappa shape index (κ2) is 6.41. The Balaban J connectivity index is 2.05. The van der Waals surface area contributed by atoms with E-state index in [0.29, 0.717) is 13.0 Å². The van der Waals surface area contributed by atoms with Crippen LogP contribution in [-0.2, 0) is 9.53 Å². The van der Waals surface area contributed by atoms with Crippen LogP contribution in [0.25, 0.3) is 0 Å². The summed E-state index contributed by atoms with van der Waals surface area (Å²) < 4.78 is 5.42. The Hall–Kier alpha value is -1.08. The summed E-state index contributed by atoms with van der Waals surface area (Å²) in [5, 5.41) is 11.3. The molecule has 4 heteroatoms. The van der Waals surface area contributed by atoms with Gasteiger partial charge in [-0.2, -0.15) is 5.26 Å². The predicted octanol–water partition coefficient (Wildman–Crippen LogP) is 1.22. The van der Waals surface area contributed by atoms with Crippen molar-refractivity contribution in [1.82, 2.24) is 5.32 Å². The highest BCUT2D eigenvalue weighted by Crippen LogP contribution is 2.16. The number of nitrogens with zero attached hydrogens (tertiary/aromatic N) is 1. The van der Waals surface area contributed by atoms with Crippen molar-refractivity contribution in [2.75, 3.05) is 13.2 Å². The highest BCUT2D eigenvalue weighted by Gasteiger charge is 2.16. The minimum Gasteiger partial charge on any atom is -0.378 e. The lowest BCUT2D eigenvalue weighted by Crippen LogP contribution is -2.28. The van der Waals surface area contributed by atoms with Crippen molar-refractivity contribution in [1.29, 1.82) is 5.26 Å². The van der Waals surface area contributed by atoms with Crippen LogP contribution in [0.2, 0.25) is 0 Å². The molecule has 1 heterocycles. The fraction of sp³-hybridized carbons (Fsp3) is 0.818. The molecule has 0 spiro atoms. The summed E-state index contributed by atoms with van der Waals surface area (Å²) in [5.41, 5.74) is 0. The third kappa shape index (κ3) is 4.80. The van der Waals surface area contributed by atoms with Crippen LogP contribution in [0, 0.1) is 17.2 Å². The molecular weight excluding hydrogens is 192 g/mol. The molecule has 4 nitrogen and oxygen atoms in total. The van der Waals surface area contributed by atoms with Crippen molar-refractivity contribution in [3.63, 3.8) is 0 Å². The molecule has 1 fully saturated rings. The average Bonchev–Trinajstić information content (AvgIpc) is 2.75. The minimum atomic E-state index is -0.114. The van der Waals surface area contributed by atoms with Crippen molar-refractivity contribution >= 4 is 5.91 Å². The Kier molecular flexibility index (Phi) is 5.13. The van der Waals surface area contributed by atoms with Gasteiger partial charge in [-0.1, -0.05) is 0 Å². The maximum Gasteiger partial charge on any atom is 0.220 e. The molecule has 1 saturated heterocycles. The summed E-state index contributed by atoms with van der Waals surface area (Å²) >= 11 is 0. The van der Waals surface area contributed by atoms with Crippen LogP contribution in [-0.4, -0.2) is 25.2 Å². The van der Waals surface area contributed by atoms with E-state index >= 15 is 0 Å². The number of ether oxygens (including phenoxy) is 1. The van der Waals surface area contributed by atoms with Gasteiger partial charge in [0.05, 0.1) is 18.1 Å². The van der Waals surface area contributed by atoms with E-state index in [0.717, 1.165) is 25.9 Å². The standard InChI is InChI=1S/C11H18N2O2/c1-9(7-12)8-13-11(14)5-4-10-3-2-6-15-10/h9-10H,2-6,8H2,1H3,(H,13,14). The second-order valence-electron chi connectivity index (χ2n) is 4.01. The van der Waals surface area contributed by atoms with Gasteiger partial charge in [-0.3, -0.25) is 4.79 Å². The molecule has 0 bridgehead atoms. The largest absolute Gasteiger partial charge is 0.378 e. The molecule has 84 valence electrons. The van der Waals surface area contributed by atoms with Crippen molar-refractivity contribution < 1.29 is 9.53 Å². The number of amides is 1. The summed E-state index contributed by atoms with van der Waals surface area (Å²) in [4.78, 5) is 11.3. The monoisotopic (exact) mass is 210 g/mol. The molecule has 0 aliphatic carbocycles. The molecular formula is C11H18N2O2. The van der Waals surface area contributed by atoms with Crippen molar-refractivity contribution in [3.05, 3.63) is 0 Å². The zero-order chi connectivity index (χ0) is 11.1. The van der Waals surface area contributed by atoms with E-state index in [-0.39, 0.29) is 17.9 Å². The normalized spacial score (nSPS) is 22.0. The van der Waals surface area contributed by atoms with Crippen LogP contribution >= 0.6 is 0 Å². The third-order valence-corrected chi connectivity index (χ3v) is 2.54. The lowest BCUT2D eigenvalue weighted by Gasteiger charge is -2.09. The van der Waals surface area contributed by atoms with Crippen molar-refractivity contribution in [2.45, 2.75) is 38.7 Å². The fourth-order valence-corrected chi connectivity index (χ4v) is 1.57. The van der Waals surface area contributed by atoms with Gasteiger partial charge in [-0.15, -0.1) is 0 Å². The van der Waals surface area contributed by atoms with E-state index in [2.05, 4.69) is 11.4 Å². The summed E-state index contributed by atoms with van der Waals surface area (Å²) in [6, 6.07) is 2.08. The van der Waals surface area contributed by atoms with Crippen LogP contribution in [0.3, 0.4) is 0 Å². The lowest BCUT2D eigenvalue weighted by atomic mass is 10.1. The molecule has 0 saturated carbocycles. The maximum atomic E-state index is 11.3. The van der Waals surface area contributed by atoms with Gasteiger partial charge < -0.3 is 10.1 Å². The Labute approximate surface area is 90.6 Å². The van der Waals surface area contributed by atoms with E-state index in [4.69, 9.17) is 10.00 Å². The number of rotatable bonds is 5. The molecule has 0 aromatic heterocycles. The number of carbonyl (C=O) groups is 1. The Morgan fingerprint density at radius 1 is 1.73 bits per heavy atom. The molecule has 15 heavy (non-hydrogen) atoms. The maximum absolute atomic E-state index is 11.3. The number of carbonyl (C=O) groups excluding carboxylic acids is 1. The fourth-order valence-electron chi connectivity index (χ4n) is 1.57. The molecule has 0 radical (unpaired) electrons. The second-order valence-corrected chi connectivity index (χ2v) is 4.01. The quantitative estimate of drug-likeness (QED) is 0.742. The minimum absolute atomic E-state index is 0.0209. The van der Waals surface area contributed by atoms with Crippen LogP contribution in [0.5, 0.6) is 0 Å². The van der Waals surface area contributed by atoms with Gasteiger partial charge in [-0.25, -0.2) is 0 Å². The molecule has 1 aliphatic rings. The summed E-state index contributed by atoms with van der Waals surface area (Å²) in [7, 11) is 0. The van der Waals surface area contributed by atoms with Gasteiger partial charge >= 0.3 is 0 Å². The van der Waals surface area contributed by atoms with E-state index in [1.807, 2.05) is 0 Å². The summed E-state index contributed by atoms with van der Waals surface area (Å²) in [5.74, 6) is -0.0933. The van der Waals surface area contributed by atoms with Crippen LogP contribution < -0.4 is 5.32 Å². The predicted molar refractivity (Wildman–Crippen MR) is 56.0 cm³/mol. The van der Waals surface area contributed by atoms with E-state index in [1.54, 1.807) is 6.92 Å². The topological polar surface area (TPSA) is 62.1 Å². The molecule has 2 unspecified atom stereocenters. The first-order chi connectivity index (χ1) is 7.22. The lowest BCUT2D eigenvalue weighted by molar-refractivity contribution is -0.121. The molecule has 1 rings (SSSR count). The highest BCUT2D eigenvalue weighted by atomic mass is 16.5. The number of nitrogens with one attached hydrogen (secondary N) is 1. The number of hydrogen-bond acceptors (Lipinski definition) is 3. The molecule has 2 atom stereocenters. The van der Waals surface area contributed by atoms with Crippen molar-refractivity contribution in [2.24, 2.45) is 5.92 Å². The van der Waals surface area contributed by atoms with Gasteiger partial charge in [0.15, 0.2) is 0 Å². The van der Waals surface area contributed by atoms with Gasteiger partial charge in [0.1, 0.15) is 0 Å². The first-order valence-corrected chi connectivity index (χ1v) is 5.50. The van der Waals surface area contributed by atoms with E-state index in [1.165, 1.54) is 0 Å². The SMILES string of the molecule is CC(C#N)CNC(=O)CCC1CCCO1. The van der Waals surface area contributed by atoms with E-state index in [9.17, 15) is 4.79 Å². The smallest absolute Gasteiger partial charge is 0.220 e. The first kappa shape index (κ1) is 12.0. The Morgan fingerprint density at radius 3 is 3.13 bits per heavy atom. The molecule has 1 aliphatic heterocycles.